The molecular formula is C18H19Cl2N3O3S. The first-order valence-corrected chi connectivity index (χ1v) is 10.8. The smallest absolute Gasteiger partial charge is 0.228 e. The van der Waals surface area contributed by atoms with Gasteiger partial charge in [0, 0.05) is 34.9 Å². The molecule has 0 aliphatic carbocycles. The van der Waals surface area contributed by atoms with Crippen molar-refractivity contribution in [3.63, 3.8) is 0 Å². The molecule has 1 saturated heterocycles. The zero-order valence-corrected chi connectivity index (χ0v) is 16.8. The number of anilines is 1. The molecular weight excluding hydrogens is 409 g/mol. The predicted molar refractivity (Wildman–Crippen MR) is 106 cm³/mol. The second kappa shape index (κ2) is 8.56. The highest BCUT2D eigenvalue weighted by molar-refractivity contribution is 7.88. The molecule has 1 atom stereocenters. The van der Waals surface area contributed by atoms with Gasteiger partial charge in [-0.15, -0.1) is 0 Å². The summed E-state index contributed by atoms with van der Waals surface area (Å²) in [4.78, 5) is 16.5. The molecule has 0 unspecified atom stereocenters. The fraction of sp³-hybridized carbons (Fsp3) is 0.333. The number of halogens is 2. The molecule has 2 aromatic rings. The Labute approximate surface area is 168 Å². The molecule has 0 bridgehead atoms. The van der Waals surface area contributed by atoms with Gasteiger partial charge in [-0.3, -0.25) is 9.78 Å². The number of sulfonamides is 1. The molecule has 0 saturated carbocycles. The number of carbonyl (C=O) groups excluding carboxylic acids is 1. The molecule has 0 spiro atoms. The summed E-state index contributed by atoms with van der Waals surface area (Å²) in [5, 5.41) is 3.41. The summed E-state index contributed by atoms with van der Waals surface area (Å²) in [5.74, 6) is -0.920. The zero-order chi connectivity index (χ0) is 19.4. The maximum absolute atomic E-state index is 12.9. The third-order valence-corrected chi connectivity index (χ3v) is 6.95. The van der Waals surface area contributed by atoms with Gasteiger partial charge in [0.25, 0.3) is 0 Å². The van der Waals surface area contributed by atoms with E-state index in [2.05, 4.69) is 10.3 Å². The van der Waals surface area contributed by atoms with E-state index in [4.69, 9.17) is 23.2 Å². The van der Waals surface area contributed by atoms with Gasteiger partial charge in [-0.1, -0.05) is 29.3 Å². The first-order valence-electron chi connectivity index (χ1n) is 8.48. The highest BCUT2D eigenvalue weighted by Crippen LogP contribution is 2.29. The van der Waals surface area contributed by atoms with Gasteiger partial charge < -0.3 is 5.32 Å². The van der Waals surface area contributed by atoms with Crippen molar-refractivity contribution < 1.29 is 13.2 Å². The lowest BCUT2D eigenvalue weighted by Crippen LogP contribution is -2.44. The van der Waals surface area contributed by atoms with Crippen LogP contribution in [0.5, 0.6) is 0 Å². The Balaban J connectivity index is 1.70. The van der Waals surface area contributed by atoms with E-state index in [-0.39, 0.29) is 18.2 Å². The molecule has 1 aromatic heterocycles. The number of rotatable bonds is 5. The average molecular weight is 428 g/mol. The van der Waals surface area contributed by atoms with Gasteiger partial charge in [0.2, 0.25) is 15.9 Å². The molecule has 1 aromatic carbocycles. The fourth-order valence-corrected chi connectivity index (χ4v) is 5.40. The number of benzene rings is 1. The van der Waals surface area contributed by atoms with Crippen molar-refractivity contribution in [1.82, 2.24) is 9.29 Å². The number of piperidine rings is 1. The molecule has 2 heterocycles. The quantitative estimate of drug-likeness (QED) is 0.790. The van der Waals surface area contributed by atoms with Crippen LogP contribution in [0.3, 0.4) is 0 Å². The van der Waals surface area contributed by atoms with Crippen LogP contribution in [0, 0.1) is 5.92 Å². The summed E-state index contributed by atoms with van der Waals surface area (Å²) < 4.78 is 27.1. The summed E-state index contributed by atoms with van der Waals surface area (Å²) in [6.07, 6.45) is 4.41. The van der Waals surface area contributed by atoms with Gasteiger partial charge in [-0.2, -0.15) is 0 Å². The minimum atomic E-state index is -3.65. The number of nitrogens with one attached hydrogen (secondary N) is 1. The van der Waals surface area contributed by atoms with E-state index in [1.165, 1.54) is 4.31 Å². The van der Waals surface area contributed by atoms with Gasteiger partial charge in [0.15, 0.2) is 0 Å². The van der Waals surface area contributed by atoms with Gasteiger partial charge in [0.05, 0.1) is 23.6 Å². The SMILES string of the molecule is O=C(Nc1cccnc1)[C@@H]1CCCN(S(=O)(=O)Cc2c(Cl)cccc2Cl)C1. The molecule has 1 N–H and O–H groups in total. The van der Waals surface area contributed by atoms with Crippen molar-refractivity contribution in [3.05, 3.63) is 58.3 Å². The maximum Gasteiger partial charge on any atom is 0.228 e. The summed E-state index contributed by atoms with van der Waals surface area (Å²) in [7, 11) is -3.65. The number of carbonyl (C=O) groups is 1. The molecule has 27 heavy (non-hydrogen) atoms. The van der Waals surface area contributed by atoms with Crippen LogP contribution in [0.25, 0.3) is 0 Å². The lowest BCUT2D eigenvalue weighted by atomic mass is 9.99. The predicted octanol–water partition coefficient (Wildman–Crippen LogP) is 3.57. The van der Waals surface area contributed by atoms with Gasteiger partial charge >= 0.3 is 0 Å². The standard InChI is InChI=1S/C18H19Cl2N3O3S/c19-16-6-1-7-17(20)15(16)12-27(25,26)23-9-3-4-13(11-23)18(24)22-14-5-2-8-21-10-14/h1-2,5-8,10,13H,3-4,9,11-12H2,(H,22,24)/t13-/m1/s1. The van der Waals surface area contributed by atoms with Crippen molar-refractivity contribution >= 4 is 44.8 Å². The van der Waals surface area contributed by atoms with Crippen LogP contribution in [0.1, 0.15) is 18.4 Å². The van der Waals surface area contributed by atoms with E-state index in [0.717, 1.165) is 0 Å². The molecule has 9 heteroatoms. The second-order valence-corrected chi connectivity index (χ2v) is 9.17. The van der Waals surface area contributed by atoms with E-state index >= 15 is 0 Å². The highest BCUT2D eigenvalue weighted by atomic mass is 35.5. The number of aromatic nitrogens is 1. The maximum atomic E-state index is 12.9. The molecule has 1 aliphatic rings. The first kappa shape index (κ1) is 20.1. The number of hydrogen-bond acceptors (Lipinski definition) is 4. The van der Waals surface area contributed by atoms with Crippen LogP contribution in [0.2, 0.25) is 10.0 Å². The summed E-state index contributed by atoms with van der Waals surface area (Å²) in [6, 6.07) is 8.35. The Morgan fingerprint density at radius 1 is 1.22 bits per heavy atom. The molecule has 6 nitrogen and oxygen atoms in total. The number of hydrogen-bond donors (Lipinski definition) is 1. The minimum absolute atomic E-state index is 0.135. The van der Waals surface area contributed by atoms with Crippen LogP contribution in [-0.2, 0) is 20.6 Å². The molecule has 3 rings (SSSR count). The summed E-state index contributed by atoms with van der Waals surface area (Å²) in [5.41, 5.74) is 0.966. The number of amides is 1. The summed E-state index contributed by atoms with van der Waals surface area (Å²) >= 11 is 12.2. The van der Waals surface area contributed by atoms with E-state index in [9.17, 15) is 13.2 Å². The molecule has 144 valence electrons. The van der Waals surface area contributed by atoms with Gasteiger partial charge in [-0.25, -0.2) is 12.7 Å². The number of pyridine rings is 1. The van der Waals surface area contributed by atoms with Crippen molar-refractivity contribution in [3.8, 4) is 0 Å². The van der Waals surface area contributed by atoms with E-state index in [1.54, 1.807) is 42.7 Å². The topological polar surface area (TPSA) is 79.4 Å². The van der Waals surface area contributed by atoms with E-state index in [0.29, 0.717) is 40.7 Å². The van der Waals surface area contributed by atoms with Crippen LogP contribution in [-0.4, -0.2) is 36.7 Å². The average Bonchev–Trinajstić information content (AvgIpc) is 2.66. The molecule has 1 fully saturated rings. The van der Waals surface area contributed by atoms with Gasteiger partial charge in [0.1, 0.15) is 0 Å². The first-order chi connectivity index (χ1) is 12.9. The monoisotopic (exact) mass is 427 g/mol. The Morgan fingerprint density at radius 3 is 2.63 bits per heavy atom. The Morgan fingerprint density at radius 2 is 1.96 bits per heavy atom. The van der Waals surface area contributed by atoms with Gasteiger partial charge in [-0.05, 0) is 37.1 Å². The highest BCUT2D eigenvalue weighted by Gasteiger charge is 2.33. The Bertz CT molecular complexity index is 902. The Kier molecular flexibility index (Phi) is 6.37. The lowest BCUT2D eigenvalue weighted by molar-refractivity contribution is -0.120. The van der Waals surface area contributed by atoms with Crippen molar-refractivity contribution in [2.45, 2.75) is 18.6 Å². The van der Waals surface area contributed by atoms with Crippen molar-refractivity contribution in [2.75, 3.05) is 18.4 Å². The largest absolute Gasteiger partial charge is 0.324 e. The van der Waals surface area contributed by atoms with E-state index < -0.39 is 15.9 Å². The lowest BCUT2D eigenvalue weighted by Gasteiger charge is -2.31. The third-order valence-electron chi connectivity index (χ3n) is 4.47. The van der Waals surface area contributed by atoms with Crippen molar-refractivity contribution in [2.24, 2.45) is 5.92 Å². The molecule has 1 aliphatic heterocycles. The van der Waals surface area contributed by atoms with Crippen LogP contribution >= 0.6 is 23.2 Å². The second-order valence-electron chi connectivity index (χ2n) is 6.38. The van der Waals surface area contributed by atoms with Crippen LogP contribution in [0.15, 0.2) is 42.7 Å². The Hall–Kier alpha value is -1.67. The molecule has 0 radical (unpaired) electrons. The van der Waals surface area contributed by atoms with Crippen LogP contribution in [0.4, 0.5) is 5.69 Å². The normalized spacial score (nSPS) is 18.2. The van der Waals surface area contributed by atoms with Crippen molar-refractivity contribution in [1.29, 1.82) is 0 Å². The number of nitrogens with zero attached hydrogens (tertiary/aromatic N) is 2. The molecule has 1 amide bonds. The van der Waals surface area contributed by atoms with Crippen LogP contribution < -0.4 is 5.32 Å². The fourth-order valence-electron chi connectivity index (χ4n) is 3.03. The van der Waals surface area contributed by atoms with E-state index in [1.807, 2.05) is 0 Å². The minimum Gasteiger partial charge on any atom is -0.324 e. The third kappa shape index (κ3) is 4.99. The zero-order valence-electron chi connectivity index (χ0n) is 14.4. The summed E-state index contributed by atoms with van der Waals surface area (Å²) in [6.45, 7) is 0.511.